The fourth-order valence-electron chi connectivity index (χ4n) is 2.77. The van der Waals surface area contributed by atoms with Crippen LogP contribution >= 0.6 is 0 Å². The van der Waals surface area contributed by atoms with Crippen molar-refractivity contribution in [2.75, 3.05) is 0 Å². The van der Waals surface area contributed by atoms with Gasteiger partial charge in [0.1, 0.15) is 5.54 Å². The molecule has 0 unspecified atom stereocenters. The molecule has 22 heavy (non-hydrogen) atoms. The molecule has 5 nitrogen and oxygen atoms in total. The monoisotopic (exact) mass is 306 g/mol. The zero-order chi connectivity index (χ0) is 15.6. The number of halogens is 2. The molecule has 1 fully saturated rings. The SMILES string of the molecule is O=C(NC1(C(F)F)CCCC1)c1cnn(-c2cccnc2)c1. The van der Waals surface area contributed by atoms with Crippen LogP contribution in [0.5, 0.6) is 0 Å². The van der Waals surface area contributed by atoms with Gasteiger partial charge >= 0.3 is 0 Å². The van der Waals surface area contributed by atoms with Crippen molar-refractivity contribution in [3.8, 4) is 5.69 Å². The average molecular weight is 306 g/mol. The van der Waals surface area contributed by atoms with Gasteiger partial charge in [-0.05, 0) is 25.0 Å². The van der Waals surface area contributed by atoms with E-state index < -0.39 is 17.9 Å². The second-order valence-electron chi connectivity index (χ2n) is 5.50. The Morgan fingerprint density at radius 3 is 2.73 bits per heavy atom. The zero-order valence-corrected chi connectivity index (χ0v) is 11.9. The van der Waals surface area contributed by atoms with Crippen LogP contribution in [0.2, 0.25) is 0 Å². The minimum atomic E-state index is -2.56. The maximum Gasteiger partial charge on any atom is 0.261 e. The van der Waals surface area contributed by atoms with Gasteiger partial charge in [-0.15, -0.1) is 0 Å². The van der Waals surface area contributed by atoms with Crippen LogP contribution in [0.1, 0.15) is 36.0 Å². The molecule has 1 aliphatic rings. The van der Waals surface area contributed by atoms with Crippen LogP contribution in [-0.2, 0) is 0 Å². The maximum absolute atomic E-state index is 13.3. The number of alkyl halides is 2. The van der Waals surface area contributed by atoms with Crippen molar-refractivity contribution in [2.24, 2.45) is 0 Å². The van der Waals surface area contributed by atoms with Crippen molar-refractivity contribution in [1.29, 1.82) is 0 Å². The lowest BCUT2D eigenvalue weighted by Gasteiger charge is -2.29. The van der Waals surface area contributed by atoms with E-state index in [1.807, 2.05) is 0 Å². The van der Waals surface area contributed by atoms with E-state index in [2.05, 4.69) is 15.4 Å². The molecule has 0 radical (unpaired) electrons. The number of aromatic nitrogens is 3. The summed E-state index contributed by atoms with van der Waals surface area (Å²) in [6, 6.07) is 3.54. The minimum Gasteiger partial charge on any atom is -0.341 e. The van der Waals surface area contributed by atoms with Crippen molar-refractivity contribution >= 4 is 5.91 Å². The Morgan fingerprint density at radius 2 is 2.09 bits per heavy atom. The number of hydrogen-bond acceptors (Lipinski definition) is 3. The molecule has 1 N–H and O–H groups in total. The van der Waals surface area contributed by atoms with Crippen LogP contribution in [0.3, 0.4) is 0 Å². The standard InChI is InChI=1S/C15H16F2N4O/c16-14(17)15(5-1-2-6-15)20-13(22)11-8-19-21(10-11)12-4-3-7-18-9-12/h3-4,7-10,14H,1-2,5-6H2,(H,20,22). The first-order valence-electron chi connectivity index (χ1n) is 7.16. The molecule has 0 aliphatic heterocycles. The molecule has 1 aliphatic carbocycles. The predicted octanol–water partition coefficient (Wildman–Crippen LogP) is 2.58. The van der Waals surface area contributed by atoms with Crippen molar-refractivity contribution < 1.29 is 13.6 Å². The van der Waals surface area contributed by atoms with Gasteiger partial charge in [0.2, 0.25) is 0 Å². The molecule has 0 spiro atoms. The van der Waals surface area contributed by atoms with Crippen molar-refractivity contribution in [2.45, 2.75) is 37.6 Å². The topological polar surface area (TPSA) is 59.8 Å². The molecule has 1 saturated carbocycles. The highest BCUT2D eigenvalue weighted by atomic mass is 19.3. The van der Waals surface area contributed by atoms with E-state index in [4.69, 9.17) is 0 Å². The lowest BCUT2D eigenvalue weighted by Crippen LogP contribution is -2.51. The zero-order valence-electron chi connectivity index (χ0n) is 11.9. The number of amides is 1. The van der Waals surface area contributed by atoms with Crippen LogP contribution < -0.4 is 5.32 Å². The quantitative estimate of drug-likeness (QED) is 0.944. The van der Waals surface area contributed by atoms with E-state index >= 15 is 0 Å². The molecular weight excluding hydrogens is 290 g/mol. The number of rotatable bonds is 4. The van der Waals surface area contributed by atoms with Crippen LogP contribution in [0.4, 0.5) is 8.78 Å². The Balaban J connectivity index is 1.77. The Morgan fingerprint density at radius 1 is 1.32 bits per heavy atom. The highest BCUT2D eigenvalue weighted by Gasteiger charge is 2.43. The third-order valence-electron chi connectivity index (χ3n) is 4.03. The van der Waals surface area contributed by atoms with E-state index in [9.17, 15) is 13.6 Å². The fraction of sp³-hybridized carbons (Fsp3) is 0.400. The molecule has 0 atom stereocenters. The molecule has 0 bridgehead atoms. The van der Waals surface area contributed by atoms with Crippen molar-refractivity contribution in [1.82, 2.24) is 20.1 Å². The molecule has 3 rings (SSSR count). The summed E-state index contributed by atoms with van der Waals surface area (Å²) < 4.78 is 28.1. The summed E-state index contributed by atoms with van der Waals surface area (Å²) in [7, 11) is 0. The third kappa shape index (κ3) is 2.70. The number of nitrogens with one attached hydrogen (secondary N) is 1. The molecule has 116 valence electrons. The van der Waals surface area contributed by atoms with Gasteiger partial charge in [-0.25, -0.2) is 13.5 Å². The van der Waals surface area contributed by atoms with Crippen molar-refractivity contribution in [3.63, 3.8) is 0 Å². The van der Waals surface area contributed by atoms with Gasteiger partial charge in [0.25, 0.3) is 12.3 Å². The van der Waals surface area contributed by atoms with Crippen LogP contribution in [0, 0.1) is 0 Å². The summed E-state index contributed by atoms with van der Waals surface area (Å²) in [4.78, 5) is 16.2. The van der Waals surface area contributed by atoms with Crippen LogP contribution in [-0.4, -0.2) is 32.6 Å². The molecule has 1 amide bonds. The lowest BCUT2D eigenvalue weighted by molar-refractivity contribution is 0.0304. The minimum absolute atomic E-state index is 0.260. The highest BCUT2D eigenvalue weighted by molar-refractivity contribution is 5.94. The molecule has 7 heteroatoms. The first-order chi connectivity index (χ1) is 10.6. The Hall–Kier alpha value is -2.31. The van der Waals surface area contributed by atoms with Gasteiger partial charge in [-0.3, -0.25) is 9.78 Å². The van der Waals surface area contributed by atoms with E-state index in [1.54, 1.807) is 24.5 Å². The Kier molecular flexibility index (Phi) is 3.87. The normalized spacial score (nSPS) is 16.9. The fourth-order valence-corrected chi connectivity index (χ4v) is 2.77. The third-order valence-corrected chi connectivity index (χ3v) is 4.03. The average Bonchev–Trinajstić information content (AvgIpc) is 3.18. The number of carbonyl (C=O) groups excluding carboxylic acids is 1. The molecule has 2 heterocycles. The van der Waals surface area contributed by atoms with Gasteiger partial charge in [0.15, 0.2) is 0 Å². The highest BCUT2D eigenvalue weighted by Crippen LogP contribution is 2.35. The van der Waals surface area contributed by atoms with Gasteiger partial charge in [-0.1, -0.05) is 12.8 Å². The van der Waals surface area contributed by atoms with Crippen molar-refractivity contribution in [3.05, 3.63) is 42.5 Å². The second-order valence-corrected chi connectivity index (χ2v) is 5.50. The summed E-state index contributed by atoms with van der Waals surface area (Å²) in [6.45, 7) is 0. The first-order valence-corrected chi connectivity index (χ1v) is 7.16. The lowest BCUT2D eigenvalue weighted by atomic mass is 9.98. The van der Waals surface area contributed by atoms with E-state index in [0.717, 1.165) is 0 Å². The molecular formula is C15H16F2N4O. The molecule has 0 saturated heterocycles. The van der Waals surface area contributed by atoms with Crippen LogP contribution in [0.25, 0.3) is 5.69 Å². The predicted molar refractivity (Wildman–Crippen MR) is 76.0 cm³/mol. The van der Waals surface area contributed by atoms with E-state index in [-0.39, 0.29) is 5.56 Å². The summed E-state index contributed by atoms with van der Waals surface area (Å²) in [6.07, 6.45) is 5.60. The van der Waals surface area contributed by atoms with Gasteiger partial charge in [0, 0.05) is 12.4 Å². The van der Waals surface area contributed by atoms with E-state index in [1.165, 1.54) is 17.1 Å². The van der Waals surface area contributed by atoms with Gasteiger partial charge in [0.05, 0.1) is 23.6 Å². The number of pyridine rings is 1. The summed E-state index contributed by atoms with van der Waals surface area (Å²) in [5, 5.41) is 6.59. The smallest absolute Gasteiger partial charge is 0.261 e. The summed E-state index contributed by atoms with van der Waals surface area (Å²) >= 11 is 0. The molecule has 0 aromatic carbocycles. The number of hydrogen-bond donors (Lipinski definition) is 1. The first kappa shape index (κ1) is 14.6. The number of nitrogens with zero attached hydrogens (tertiary/aromatic N) is 3. The Labute approximate surface area is 126 Å². The Bertz CT molecular complexity index is 651. The largest absolute Gasteiger partial charge is 0.341 e. The van der Waals surface area contributed by atoms with Gasteiger partial charge < -0.3 is 5.32 Å². The summed E-state index contributed by atoms with van der Waals surface area (Å²) in [5.74, 6) is -0.516. The van der Waals surface area contributed by atoms with Gasteiger partial charge in [-0.2, -0.15) is 5.10 Å². The molecule has 2 aromatic rings. The summed E-state index contributed by atoms with van der Waals surface area (Å²) in [5.41, 5.74) is -0.435. The molecule has 2 aromatic heterocycles. The maximum atomic E-state index is 13.3. The van der Waals surface area contributed by atoms with E-state index in [0.29, 0.717) is 31.4 Å². The number of carbonyl (C=O) groups is 1. The van der Waals surface area contributed by atoms with Crippen LogP contribution in [0.15, 0.2) is 36.9 Å². The second kappa shape index (κ2) is 5.82.